The molecule has 0 bridgehead atoms. The van der Waals surface area contributed by atoms with Crippen LogP contribution in [0.25, 0.3) is 0 Å². The normalized spacial score (nSPS) is 18.0. The van der Waals surface area contributed by atoms with E-state index in [9.17, 15) is 14.3 Å². The van der Waals surface area contributed by atoms with E-state index in [-0.39, 0.29) is 17.8 Å². The fourth-order valence-electron chi connectivity index (χ4n) is 3.29. The van der Waals surface area contributed by atoms with Gasteiger partial charge in [0.1, 0.15) is 0 Å². The number of nitrogens with zero attached hydrogens (tertiary/aromatic N) is 3. The van der Waals surface area contributed by atoms with Gasteiger partial charge in [-0.15, -0.1) is 0 Å². The Morgan fingerprint density at radius 2 is 2.35 bits per heavy atom. The highest BCUT2D eigenvalue weighted by atomic mass is 19.1. The Labute approximate surface area is 151 Å². The number of likely N-dealkylation sites (tertiary alicyclic amines) is 1. The molecule has 2 amide bonds. The van der Waals surface area contributed by atoms with E-state index >= 15 is 0 Å². The van der Waals surface area contributed by atoms with Crippen LogP contribution in [0.3, 0.4) is 0 Å². The second kappa shape index (κ2) is 7.74. The fourth-order valence-corrected chi connectivity index (χ4v) is 3.29. The number of halogens is 1. The summed E-state index contributed by atoms with van der Waals surface area (Å²) in [6.07, 6.45) is 4.85. The summed E-state index contributed by atoms with van der Waals surface area (Å²) in [7, 11) is 3.18. The van der Waals surface area contributed by atoms with Crippen molar-refractivity contribution in [3.8, 4) is 5.75 Å². The summed E-state index contributed by atoms with van der Waals surface area (Å²) in [5.74, 6) is -0.406. The van der Waals surface area contributed by atoms with E-state index in [0.717, 1.165) is 18.4 Å². The molecule has 140 valence electrons. The van der Waals surface area contributed by atoms with Crippen LogP contribution in [0.5, 0.6) is 5.75 Å². The highest BCUT2D eigenvalue weighted by molar-refractivity contribution is 5.89. The molecule has 1 aliphatic rings. The number of aromatic nitrogens is 2. The smallest absolute Gasteiger partial charge is 0.322 e. The van der Waals surface area contributed by atoms with Crippen LogP contribution < -0.4 is 10.1 Å². The van der Waals surface area contributed by atoms with Crippen LogP contribution in [-0.4, -0.2) is 45.5 Å². The van der Waals surface area contributed by atoms with Gasteiger partial charge in [0.15, 0.2) is 11.6 Å². The van der Waals surface area contributed by atoms with Crippen LogP contribution >= 0.6 is 0 Å². The number of aliphatic hydroxyl groups excluding tert-OH is 1. The number of aliphatic hydroxyl groups is 1. The number of carbonyl (C=O) groups is 1. The van der Waals surface area contributed by atoms with Gasteiger partial charge in [0.2, 0.25) is 0 Å². The highest BCUT2D eigenvalue weighted by Gasteiger charge is 2.31. The second-order valence-corrected chi connectivity index (χ2v) is 6.47. The number of benzene rings is 1. The lowest BCUT2D eigenvalue weighted by atomic mass is 10.0. The van der Waals surface area contributed by atoms with E-state index < -0.39 is 11.9 Å². The molecule has 8 heteroatoms. The predicted octanol–water partition coefficient (Wildman–Crippen LogP) is 2.69. The lowest BCUT2D eigenvalue weighted by Gasteiger charge is -2.26. The number of urea groups is 1. The van der Waals surface area contributed by atoms with E-state index in [0.29, 0.717) is 18.7 Å². The van der Waals surface area contributed by atoms with Gasteiger partial charge in [-0.3, -0.25) is 4.68 Å². The molecule has 7 nitrogen and oxygen atoms in total. The molecular weight excluding hydrogens is 339 g/mol. The van der Waals surface area contributed by atoms with E-state index in [2.05, 4.69) is 10.4 Å². The third kappa shape index (κ3) is 3.96. The first-order valence-electron chi connectivity index (χ1n) is 8.55. The van der Waals surface area contributed by atoms with Crippen molar-refractivity contribution in [3.05, 3.63) is 42.0 Å². The monoisotopic (exact) mass is 362 g/mol. The lowest BCUT2D eigenvalue weighted by molar-refractivity contribution is 0.129. The number of hydrogen-bond donors (Lipinski definition) is 2. The van der Waals surface area contributed by atoms with Crippen molar-refractivity contribution in [3.63, 3.8) is 0 Å². The first-order chi connectivity index (χ1) is 12.5. The number of methoxy groups -OCH3 is 1. The maximum absolute atomic E-state index is 13.8. The number of carbonyl (C=O) groups excluding carboxylic acids is 1. The van der Waals surface area contributed by atoms with Crippen LogP contribution in [0, 0.1) is 5.82 Å². The SMILES string of the molecule is COc1ccc(NC(=O)N2CCCC2CC(O)c2cnn(C)c2)cc1F. The van der Waals surface area contributed by atoms with Gasteiger partial charge in [-0.25, -0.2) is 9.18 Å². The molecule has 2 aromatic rings. The quantitative estimate of drug-likeness (QED) is 0.857. The van der Waals surface area contributed by atoms with Gasteiger partial charge >= 0.3 is 6.03 Å². The van der Waals surface area contributed by atoms with Crippen molar-refractivity contribution in [1.29, 1.82) is 0 Å². The number of rotatable bonds is 5. The zero-order valence-electron chi connectivity index (χ0n) is 14.9. The summed E-state index contributed by atoms with van der Waals surface area (Å²) in [5, 5.41) is 17.2. The summed E-state index contributed by atoms with van der Waals surface area (Å²) in [6.45, 7) is 0.606. The van der Waals surface area contributed by atoms with Gasteiger partial charge < -0.3 is 20.1 Å². The third-order valence-electron chi connectivity index (χ3n) is 4.65. The highest BCUT2D eigenvalue weighted by Crippen LogP contribution is 2.28. The Bertz CT molecular complexity index is 780. The Hall–Kier alpha value is -2.61. The first kappa shape index (κ1) is 18.2. The maximum Gasteiger partial charge on any atom is 0.322 e. The molecule has 3 rings (SSSR count). The molecule has 26 heavy (non-hydrogen) atoms. The van der Waals surface area contributed by atoms with Gasteiger partial charge in [-0.05, 0) is 31.4 Å². The Balaban J connectivity index is 1.63. The standard InChI is InChI=1S/C18H23FN4O3/c1-22-11-12(10-20-22)16(24)9-14-4-3-7-23(14)18(25)21-13-5-6-17(26-2)15(19)8-13/h5-6,8,10-11,14,16,24H,3-4,7,9H2,1-2H3,(H,21,25). The minimum atomic E-state index is -0.680. The molecule has 2 unspecified atom stereocenters. The van der Waals surface area contributed by atoms with Crippen molar-refractivity contribution >= 4 is 11.7 Å². The van der Waals surface area contributed by atoms with Crippen LogP contribution in [-0.2, 0) is 7.05 Å². The Morgan fingerprint density at radius 1 is 1.54 bits per heavy atom. The van der Waals surface area contributed by atoms with Crippen LogP contribution in [0.1, 0.15) is 30.9 Å². The molecule has 2 N–H and O–H groups in total. The van der Waals surface area contributed by atoms with Gasteiger partial charge in [0, 0.05) is 43.1 Å². The maximum atomic E-state index is 13.8. The minimum absolute atomic E-state index is 0.0756. The van der Waals surface area contributed by atoms with Crippen LogP contribution in [0.15, 0.2) is 30.6 Å². The predicted molar refractivity (Wildman–Crippen MR) is 94.5 cm³/mol. The van der Waals surface area contributed by atoms with Gasteiger partial charge in [0.05, 0.1) is 19.4 Å². The molecule has 1 saturated heterocycles. The molecule has 2 atom stereocenters. The number of nitrogens with one attached hydrogen (secondary N) is 1. The lowest BCUT2D eigenvalue weighted by Crippen LogP contribution is -2.39. The van der Waals surface area contributed by atoms with Crippen molar-refractivity contribution in [1.82, 2.24) is 14.7 Å². The molecule has 0 aliphatic carbocycles. The summed E-state index contributed by atoms with van der Waals surface area (Å²) in [4.78, 5) is 14.3. The molecule has 1 aliphatic heterocycles. The first-order valence-corrected chi connectivity index (χ1v) is 8.55. The van der Waals surface area contributed by atoms with Crippen molar-refractivity contribution < 1.29 is 19.0 Å². The fraction of sp³-hybridized carbons (Fsp3) is 0.444. The number of ether oxygens (including phenoxy) is 1. The Kier molecular flexibility index (Phi) is 5.41. The summed E-state index contributed by atoms with van der Waals surface area (Å²) >= 11 is 0. The molecule has 0 saturated carbocycles. The zero-order chi connectivity index (χ0) is 18.7. The van der Waals surface area contributed by atoms with Gasteiger partial charge in [-0.1, -0.05) is 0 Å². The Morgan fingerprint density at radius 3 is 3.00 bits per heavy atom. The summed E-state index contributed by atoms with van der Waals surface area (Å²) in [5.41, 5.74) is 1.10. The van der Waals surface area contributed by atoms with E-state index in [1.54, 1.807) is 35.1 Å². The summed E-state index contributed by atoms with van der Waals surface area (Å²) in [6, 6.07) is 3.92. The van der Waals surface area contributed by atoms with E-state index in [1.807, 2.05) is 0 Å². The second-order valence-electron chi connectivity index (χ2n) is 6.47. The van der Waals surface area contributed by atoms with E-state index in [4.69, 9.17) is 4.74 Å². The van der Waals surface area contributed by atoms with Crippen molar-refractivity contribution in [2.45, 2.75) is 31.4 Å². The molecule has 2 heterocycles. The third-order valence-corrected chi connectivity index (χ3v) is 4.65. The molecular formula is C18H23FN4O3. The van der Waals surface area contributed by atoms with Gasteiger partial charge in [0.25, 0.3) is 0 Å². The van der Waals surface area contributed by atoms with Crippen molar-refractivity contribution in [2.75, 3.05) is 19.0 Å². The molecule has 1 fully saturated rings. The summed E-state index contributed by atoms with van der Waals surface area (Å²) < 4.78 is 20.3. The topological polar surface area (TPSA) is 79.6 Å². The zero-order valence-corrected chi connectivity index (χ0v) is 14.9. The minimum Gasteiger partial charge on any atom is -0.494 e. The number of hydrogen-bond acceptors (Lipinski definition) is 4. The van der Waals surface area contributed by atoms with Crippen molar-refractivity contribution in [2.24, 2.45) is 7.05 Å². The molecule has 0 radical (unpaired) electrons. The number of amides is 2. The van der Waals surface area contributed by atoms with E-state index in [1.165, 1.54) is 19.2 Å². The van der Waals surface area contributed by atoms with Gasteiger partial charge in [-0.2, -0.15) is 5.10 Å². The number of anilines is 1. The average Bonchev–Trinajstić information content (AvgIpc) is 3.24. The molecule has 0 spiro atoms. The largest absolute Gasteiger partial charge is 0.494 e. The average molecular weight is 362 g/mol. The molecule has 1 aromatic carbocycles. The van der Waals surface area contributed by atoms with Crippen LogP contribution in [0.2, 0.25) is 0 Å². The van der Waals surface area contributed by atoms with Crippen LogP contribution in [0.4, 0.5) is 14.9 Å². The number of aryl methyl sites for hydroxylation is 1. The molecule has 1 aromatic heterocycles.